The first-order valence-electron chi connectivity index (χ1n) is 8.85. The lowest BCUT2D eigenvalue weighted by Crippen LogP contribution is -2.14. The predicted molar refractivity (Wildman–Crippen MR) is 99.3 cm³/mol. The molecule has 1 saturated carbocycles. The summed E-state index contributed by atoms with van der Waals surface area (Å²) in [6.45, 7) is 3.60. The zero-order chi connectivity index (χ0) is 18.9. The first-order chi connectivity index (χ1) is 12.3. The predicted octanol–water partition coefficient (Wildman–Crippen LogP) is 3.99. The van der Waals surface area contributed by atoms with E-state index in [0.717, 1.165) is 30.4 Å². The number of benzene rings is 1. The summed E-state index contributed by atoms with van der Waals surface area (Å²) in [5.41, 5.74) is 2.65. The molecule has 0 saturated heterocycles. The molecular weight excluding hydrogens is 352 g/mol. The van der Waals surface area contributed by atoms with Crippen LogP contribution in [0.5, 0.6) is 0 Å². The average molecular weight is 376 g/mol. The molecule has 1 aromatic heterocycles. The minimum absolute atomic E-state index is 0.155. The highest BCUT2D eigenvalue weighted by atomic mass is 32.2. The van der Waals surface area contributed by atoms with Crippen molar-refractivity contribution >= 4 is 21.6 Å². The minimum atomic E-state index is -3.40. The number of nitrogens with one attached hydrogen (secondary N) is 1. The van der Waals surface area contributed by atoms with Gasteiger partial charge in [-0.2, -0.15) is 0 Å². The second-order valence-electron chi connectivity index (χ2n) is 7.06. The van der Waals surface area contributed by atoms with Crippen molar-refractivity contribution in [3.8, 4) is 0 Å². The molecule has 140 valence electrons. The van der Waals surface area contributed by atoms with E-state index in [1.807, 2.05) is 6.92 Å². The quantitative estimate of drug-likeness (QED) is 0.871. The summed E-state index contributed by atoms with van der Waals surface area (Å²) in [4.78, 5) is 12.7. The molecule has 1 amide bonds. The summed E-state index contributed by atoms with van der Waals surface area (Å²) in [5.74, 6) is 0.302. The molecular formula is C19H24N2O4S. The van der Waals surface area contributed by atoms with E-state index in [4.69, 9.17) is 4.52 Å². The van der Waals surface area contributed by atoms with Gasteiger partial charge in [-0.1, -0.05) is 30.5 Å². The van der Waals surface area contributed by atoms with Gasteiger partial charge in [0.1, 0.15) is 0 Å². The molecule has 3 rings (SSSR count). The molecule has 0 atom stereocenters. The van der Waals surface area contributed by atoms with Gasteiger partial charge in [0.2, 0.25) is 5.88 Å². The number of aryl methyl sites for hydroxylation is 1. The van der Waals surface area contributed by atoms with Crippen LogP contribution in [0, 0.1) is 13.8 Å². The number of anilines is 1. The normalized spacial score (nSPS) is 15.8. The van der Waals surface area contributed by atoms with Crippen LogP contribution in [0.15, 0.2) is 27.6 Å². The third-order valence-corrected chi connectivity index (χ3v) is 6.27. The van der Waals surface area contributed by atoms with Crippen LogP contribution in [0.25, 0.3) is 0 Å². The van der Waals surface area contributed by atoms with Crippen molar-refractivity contribution in [2.45, 2.75) is 56.8 Å². The molecule has 26 heavy (non-hydrogen) atoms. The largest absolute Gasteiger partial charge is 0.338 e. The summed E-state index contributed by atoms with van der Waals surface area (Å²) >= 11 is 0. The van der Waals surface area contributed by atoms with Crippen LogP contribution in [-0.4, -0.2) is 25.7 Å². The number of hydrogen-bond donors (Lipinski definition) is 1. The van der Waals surface area contributed by atoms with Crippen LogP contribution in [0.4, 0.5) is 5.88 Å². The van der Waals surface area contributed by atoms with E-state index in [1.54, 1.807) is 19.1 Å². The summed E-state index contributed by atoms with van der Waals surface area (Å²) < 4.78 is 29.1. The molecule has 0 unspecified atom stereocenters. The number of carbonyl (C=O) groups is 1. The molecule has 1 aliphatic rings. The lowest BCUT2D eigenvalue weighted by atomic mass is 9.86. The highest BCUT2D eigenvalue weighted by Gasteiger charge is 2.24. The Morgan fingerprint density at radius 1 is 1.19 bits per heavy atom. The fraction of sp³-hybridized carbons (Fsp3) is 0.474. The summed E-state index contributed by atoms with van der Waals surface area (Å²) in [7, 11) is -3.40. The number of rotatable bonds is 4. The summed E-state index contributed by atoms with van der Waals surface area (Å²) in [6, 6.07) is 4.63. The SMILES string of the molecule is Cc1ccc(C(=O)Nc2onc(C3CCCCC3)c2C)cc1S(C)(=O)=O. The molecule has 7 heteroatoms. The van der Waals surface area contributed by atoms with Crippen molar-refractivity contribution in [3.05, 3.63) is 40.6 Å². The van der Waals surface area contributed by atoms with Gasteiger partial charge in [0.15, 0.2) is 9.84 Å². The standard InChI is InChI=1S/C19H24N2O4S/c1-12-9-10-15(11-16(12)26(3,23)24)18(22)20-19-13(2)17(21-25-19)14-7-5-4-6-8-14/h9-11,14H,4-8H2,1-3H3,(H,20,22). The van der Waals surface area contributed by atoms with Crippen LogP contribution < -0.4 is 5.32 Å². The van der Waals surface area contributed by atoms with Crippen molar-refractivity contribution in [1.29, 1.82) is 0 Å². The molecule has 1 fully saturated rings. The maximum atomic E-state index is 12.5. The van der Waals surface area contributed by atoms with Gasteiger partial charge in [-0.25, -0.2) is 8.42 Å². The van der Waals surface area contributed by atoms with Crippen LogP contribution in [-0.2, 0) is 9.84 Å². The molecule has 1 aliphatic carbocycles. The van der Waals surface area contributed by atoms with Crippen LogP contribution >= 0.6 is 0 Å². The van der Waals surface area contributed by atoms with Crippen molar-refractivity contribution in [2.75, 3.05) is 11.6 Å². The summed E-state index contributed by atoms with van der Waals surface area (Å²) in [5, 5.41) is 6.89. The van der Waals surface area contributed by atoms with E-state index in [9.17, 15) is 13.2 Å². The number of carbonyl (C=O) groups excluding carboxylic acids is 1. The first kappa shape index (κ1) is 18.6. The van der Waals surface area contributed by atoms with Gasteiger partial charge in [0.05, 0.1) is 10.6 Å². The smallest absolute Gasteiger partial charge is 0.258 e. The fourth-order valence-corrected chi connectivity index (χ4v) is 4.53. The second kappa shape index (κ2) is 7.23. The minimum Gasteiger partial charge on any atom is -0.338 e. The number of nitrogens with zero attached hydrogens (tertiary/aromatic N) is 1. The van der Waals surface area contributed by atoms with Crippen molar-refractivity contribution in [2.24, 2.45) is 0 Å². The molecule has 0 aliphatic heterocycles. The molecule has 1 aromatic carbocycles. The van der Waals surface area contributed by atoms with Gasteiger partial charge >= 0.3 is 0 Å². The highest BCUT2D eigenvalue weighted by molar-refractivity contribution is 7.90. The second-order valence-corrected chi connectivity index (χ2v) is 9.05. The van der Waals surface area contributed by atoms with Gasteiger partial charge in [0.25, 0.3) is 5.91 Å². The Labute approximate surface area is 153 Å². The number of hydrogen-bond acceptors (Lipinski definition) is 5. The molecule has 1 heterocycles. The van der Waals surface area contributed by atoms with Crippen LogP contribution in [0.1, 0.15) is 65.2 Å². The molecule has 0 radical (unpaired) electrons. The zero-order valence-electron chi connectivity index (χ0n) is 15.3. The maximum absolute atomic E-state index is 12.5. The number of sulfone groups is 1. The number of amides is 1. The van der Waals surface area contributed by atoms with E-state index < -0.39 is 15.7 Å². The average Bonchev–Trinajstić information content (AvgIpc) is 2.95. The van der Waals surface area contributed by atoms with E-state index in [2.05, 4.69) is 10.5 Å². The maximum Gasteiger partial charge on any atom is 0.258 e. The van der Waals surface area contributed by atoms with Crippen LogP contribution in [0.3, 0.4) is 0 Å². The van der Waals surface area contributed by atoms with Gasteiger partial charge in [0, 0.05) is 23.3 Å². The van der Waals surface area contributed by atoms with Crippen molar-refractivity contribution in [1.82, 2.24) is 5.16 Å². The zero-order valence-corrected chi connectivity index (χ0v) is 16.1. The lowest BCUT2D eigenvalue weighted by molar-refractivity contribution is 0.102. The van der Waals surface area contributed by atoms with E-state index in [1.165, 1.54) is 25.3 Å². The molecule has 6 nitrogen and oxygen atoms in total. The van der Waals surface area contributed by atoms with Crippen molar-refractivity contribution < 1.29 is 17.7 Å². The summed E-state index contributed by atoms with van der Waals surface area (Å²) in [6.07, 6.45) is 6.96. The van der Waals surface area contributed by atoms with E-state index >= 15 is 0 Å². The number of aromatic nitrogens is 1. The third kappa shape index (κ3) is 3.82. The third-order valence-electron chi connectivity index (χ3n) is 5.03. The first-order valence-corrected chi connectivity index (χ1v) is 10.7. The Morgan fingerprint density at radius 2 is 1.88 bits per heavy atom. The fourth-order valence-electron chi connectivity index (χ4n) is 3.54. The lowest BCUT2D eigenvalue weighted by Gasteiger charge is -2.19. The van der Waals surface area contributed by atoms with Gasteiger partial charge < -0.3 is 4.52 Å². The molecule has 1 N–H and O–H groups in total. The van der Waals surface area contributed by atoms with Gasteiger partial charge in [-0.15, -0.1) is 0 Å². The molecule has 0 spiro atoms. The monoisotopic (exact) mass is 376 g/mol. The topological polar surface area (TPSA) is 89.3 Å². The Balaban J connectivity index is 1.82. The van der Waals surface area contributed by atoms with E-state index in [0.29, 0.717) is 17.4 Å². The Bertz CT molecular complexity index is 925. The Morgan fingerprint density at radius 3 is 2.54 bits per heavy atom. The van der Waals surface area contributed by atoms with Gasteiger partial charge in [-0.3, -0.25) is 10.1 Å². The molecule has 0 bridgehead atoms. The Kier molecular flexibility index (Phi) is 5.18. The van der Waals surface area contributed by atoms with Gasteiger partial charge in [-0.05, 0) is 44.4 Å². The van der Waals surface area contributed by atoms with Crippen LogP contribution in [0.2, 0.25) is 0 Å². The highest BCUT2D eigenvalue weighted by Crippen LogP contribution is 2.35. The van der Waals surface area contributed by atoms with E-state index in [-0.39, 0.29) is 10.5 Å². The Hall–Kier alpha value is -2.15. The van der Waals surface area contributed by atoms with Crippen molar-refractivity contribution in [3.63, 3.8) is 0 Å². The molecule has 2 aromatic rings.